The van der Waals surface area contributed by atoms with E-state index in [9.17, 15) is 24.6 Å². The second kappa shape index (κ2) is 8.34. The van der Waals surface area contributed by atoms with Gasteiger partial charge in [0.1, 0.15) is 11.5 Å². The van der Waals surface area contributed by atoms with Gasteiger partial charge < -0.3 is 10.2 Å². The van der Waals surface area contributed by atoms with Crippen LogP contribution in [-0.2, 0) is 14.4 Å². The van der Waals surface area contributed by atoms with Gasteiger partial charge in [0, 0.05) is 17.9 Å². The number of allylic oxidation sites excluding steroid dienone is 4. The van der Waals surface area contributed by atoms with E-state index < -0.39 is 17.7 Å². The van der Waals surface area contributed by atoms with Gasteiger partial charge in [-0.05, 0) is 50.0 Å². The summed E-state index contributed by atoms with van der Waals surface area (Å²) in [5, 5.41) is 20.7. The maximum atomic E-state index is 12.2. The van der Waals surface area contributed by atoms with Crippen molar-refractivity contribution in [3.8, 4) is 0 Å². The Morgan fingerprint density at radius 1 is 1.29 bits per heavy atom. The van der Waals surface area contributed by atoms with Gasteiger partial charge in [-0.3, -0.25) is 14.4 Å². The molecule has 2 N–H and O–H groups in total. The van der Waals surface area contributed by atoms with E-state index in [1.807, 2.05) is 13.8 Å². The zero-order chi connectivity index (χ0) is 21.4. The van der Waals surface area contributed by atoms with Crippen LogP contribution in [0.2, 0.25) is 0 Å². The number of aliphatic hydroxyl groups is 2. The summed E-state index contributed by atoms with van der Waals surface area (Å²) in [6, 6.07) is 0. The van der Waals surface area contributed by atoms with E-state index in [1.54, 1.807) is 13.0 Å². The van der Waals surface area contributed by atoms with Crippen LogP contribution in [0.1, 0.15) is 60.3 Å². The monoisotopic (exact) mass is 408 g/mol. The molecule has 154 valence electrons. The maximum absolute atomic E-state index is 12.2. The normalized spacial score (nSPS) is 31.0. The summed E-state index contributed by atoms with van der Waals surface area (Å²) in [6.45, 7) is 9.22. The molecule has 2 aliphatic carbocycles. The largest absolute Gasteiger partial charge is 0.506 e. The van der Waals surface area contributed by atoms with Gasteiger partial charge in [-0.15, -0.1) is 0 Å². The molecule has 0 aliphatic heterocycles. The van der Waals surface area contributed by atoms with E-state index in [0.29, 0.717) is 24.3 Å². The molecule has 0 aromatic rings. The van der Waals surface area contributed by atoms with Crippen LogP contribution < -0.4 is 0 Å². The van der Waals surface area contributed by atoms with Gasteiger partial charge in [0.25, 0.3) is 0 Å². The Morgan fingerprint density at radius 2 is 1.89 bits per heavy atom. The Kier molecular flexibility index (Phi) is 6.72. The van der Waals surface area contributed by atoms with Gasteiger partial charge in [0.15, 0.2) is 0 Å². The van der Waals surface area contributed by atoms with Crippen molar-refractivity contribution in [2.75, 3.05) is 0 Å². The Bertz CT molecular complexity index is 804. The molecule has 1 fully saturated rings. The fraction of sp³-hybridized carbons (Fsp3) is 0.591. The van der Waals surface area contributed by atoms with Crippen molar-refractivity contribution in [3.05, 3.63) is 33.6 Å². The van der Waals surface area contributed by atoms with Crippen LogP contribution in [0.15, 0.2) is 33.6 Å². The molecule has 0 heterocycles. The number of carbonyl (C=O) groups is 3. The molecule has 28 heavy (non-hydrogen) atoms. The summed E-state index contributed by atoms with van der Waals surface area (Å²) < 4.78 is 0. The van der Waals surface area contributed by atoms with Gasteiger partial charge in [-0.2, -0.15) is 0 Å². The van der Waals surface area contributed by atoms with Crippen LogP contribution in [0.25, 0.3) is 0 Å². The zero-order valence-corrected chi connectivity index (χ0v) is 17.9. The number of rotatable bonds is 5. The first-order valence-corrected chi connectivity index (χ1v) is 10.0. The third-order valence-electron chi connectivity index (χ3n) is 6.85. The fourth-order valence-electron chi connectivity index (χ4n) is 4.07. The lowest BCUT2D eigenvalue weighted by atomic mass is 9.59. The summed E-state index contributed by atoms with van der Waals surface area (Å²) >= 11 is 5.94. The van der Waals surface area contributed by atoms with Gasteiger partial charge in [0.05, 0.1) is 16.7 Å². The van der Waals surface area contributed by atoms with E-state index in [4.69, 9.17) is 11.6 Å². The highest BCUT2D eigenvalue weighted by molar-refractivity contribution is 6.53. The first kappa shape index (κ1) is 22.6. The van der Waals surface area contributed by atoms with E-state index >= 15 is 0 Å². The van der Waals surface area contributed by atoms with Gasteiger partial charge in [-0.25, -0.2) is 0 Å². The molecular weight excluding hydrogens is 380 g/mol. The molecule has 0 bridgehead atoms. The fourth-order valence-corrected chi connectivity index (χ4v) is 4.27. The highest BCUT2D eigenvalue weighted by Gasteiger charge is 2.44. The predicted molar refractivity (Wildman–Crippen MR) is 108 cm³/mol. The zero-order valence-electron chi connectivity index (χ0n) is 17.1. The third-order valence-corrected chi connectivity index (χ3v) is 7.32. The number of halogens is 1. The molecule has 6 heteroatoms. The number of Topliss-reactive ketones (excluding diaryl/α,β-unsaturated/α-hetero) is 3. The van der Waals surface area contributed by atoms with E-state index in [1.165, 1.54) is 6.92 Å². The molecule has 0 aromatic heterocycles. The van der Waals surface area contributed by atoms with E-state index in [-0.39, 0.29) is 45.5 Å². The molecule has 0 saturated heterocycles. The summed E-state index contributed by atoms with van der Waals surface area (Å²) in [7, 11) is 0. The highest BCUT2D eigenvalue weighted by Crippen LogP contribution is 2.47. The number of aliphatic hydroxyl groups excluding tert-OH is 2. The van der Waals surface area contributed by atoms with Crippen LogP contribution in [0, 0.1) is 17.3 Å². The molecular formula is C22H29ClO5. The maximum Gasteiger partial charge on any atom is 0.233 e. The summed E-state index contributed by atoms with van der Waals surface area (Å²) in [6.07, 6.45) is 2.68. The summed E-state index contributed by atoms with van der Waals surface area (Å²) in [5.74, 6) is -1.47. The molecule has 4 atom stereocenters. The van der Waals surface area contributed by atoms with Crippen LogP contribution in [0.3, 0.4) is 0 Å². The van der Waals surface area contributed by atoms with Crippen molar-refractivity contribution in [3.63, 3.8) is 0 Å². The van der Waals surface area contributed by atoms with Crippen molar-refractivity contribution in [1.82, 2.24) is 0 Å². The second-order valence-electron chi connectivity index (χ2n) is 8.43. The number of hydrogen-bond donors (Lipinski definition) is 2. The van der Waals surface area contributed by atoms with Crippen LogP contribution >= 0.6 is 11.6 Å². The third kappa shape index (κ3) is 4.01. The lowest BCUT2D eigenvalue weighted by Crippen LogP contribution is -2.43. The van der Waals surface area contributed by atoms with Crippen LogP contribution in [-0.4, -0.2) is 33.7 Å². The Hall–Kier alpha value is -1.72. The molecule has 2 aliphatic rings. The molecule has 0 aromatic carbocycles. The van der Waals surface area contributed by atoms with Crippen molar-refractivity contribution in [1.29, 1.82) is 0 Å². The molecule has 2 rings (SSSR count). The molecule has 0 unspecified atom stereocenters. The van der Waals surface area contributed by atoms with E-state index in [0.717, 1.165) is 6.42 Å². The predicted octanol–water partition coefficient (Wildman–Crippen LogP) is 4.19. The quantitative estimate of drug-likeness (QED) is 0.404. The highest BCUT2D eigenvalue weighted by atomic mass is 35.5. The molecule has 0 spiro atoms. The lowest BCUT2D eigenvalue weighted by Gasteiger charge is -2.45. The lowest BCUT2D eigenvalue weighted by molar-refractivity contribution is -0.133. The Labute approximate surface area is 171 Å². The average Bonchev–Trinajstić information content (AvgIpc) is 2.66. The Balaban J connectivity index is 2.18. The smallest absolute Gasteiger partial charge is 0.233 e. The number of carbonyl (C=O) groups excluding carboxylic acids is 3. The topological polar surface area (TPSA) is 91.7 Å². The first-order chi connectivity index (χ1) is 12.9. The number of ketones is 3. The molecule has 0 radical (unpaired) electrons. The van der Waals surface area contributed by atoms with Gasteiger partial charge in [-0.1, -0.05) is 38.4 Å². The van der Waals surface area contributed by atoms with Gasteiger partial charge in [0.2, 0.25) is 11.6 Å². The second-order valence-corrected chi connectivity index (χ2v) is 8.81. The van der Waals surface area contributed by atoms with Crippen molar-refractivity contribution in [2.24, 2.45) is 17.3 Å². The van der Waals surface area contributed by atoms with Crippen LogP contribution in [0.5, 0.6) is 0 Å². The molecule has 0 amide bonds. The number of hydrogen-bond acceptors (Lipinski definition) is 5. The Morgan fingerprint density at radius 3 is 2.50 bits per heavy atom. The average molecular weight is 409 g/mol. The minimum Gasteiger partial charge on any atom is -0.506 e. The SMILES string of the molecule is CC1=C(Cl)C(O)=C(C/C=C(\C)[C@@H](O)C[C@@]2(C)[C@H](C)CCC(=O)[C@H]2C)C(=O)C1=O. The van der Waals surface area contributed by atoms with Gasteiger partial charge >= 0.3 is 0 Å². The summed E-state index contributed by atoms with van der Waals surface area (Å²) in [5.41, 5.74) is 0.284. The standard InChI is InChI=1S/C22H29ClO5/c1-11(6-8-15-20(27)18(23)13(3)19(26)21(15)28)17(25)10-22(5)12(2)7-9-16(24)14(22)4/h6,12,14,17,25,27H,7-10H2,1-5H3/b11-6+/t12-,14-,17+,22+/m1/s1. The summed E-state index contributed by atoms with van der Waals surface area (Å²) in [4.78, 5) is 36.3. The molecule has 5 nitrogen and oxygen atoms in total. The van der Waals surface area contributed by atoms with E-state index in [2.05, 4.69) is 6.92 Å². The molecule has 1 saturated carbocycles. The minimum atomic E-state index is -0.786. The van der Waals surface area contributed by atoms with Crippen LogP contribution in [0.4, 0.5) is 0 Å². The van der Waals surface area contributed by atoms with Crippen molar-refractivity contribution < 1.29 is 24.6 Å². The first-order valence-electron chi connectivity index (χ1n) is 9.67. The van der Waals surface area contributed by atoms with Crippen molar-refractivity contribution in [2.45, 2.75) is 66.4 Å². The van der Waals surface area contributed by atoms with Crippen molar-refractivity contribution >= 4 is 29.0 Å². The minimum absolute atomic E-state index is 0.00352.